The van der Waals surface area contributed by atoms with Gasteiger partial charge in [-0.15, -0.1) is 0 Å². The minimum absolute atomic E-state index is 0.0636. The molecule has 1 rings (SSSR count). The fourth-order valence-electron chi connectivity index (χ4n) is 1.92. The van der Waals surface area contributed by atoms with E-state index in [0.717, 1.165) is 13.1 Å². The van der Waals surface area contributed by atoms with Crippen molar-refractivity contribution in [2.75, 3.05) is 45.0 Å². The lowest BCUT2D eigenvalue weighted by atomic mass is 10.3. The number of piperazine rings is 1. The van der Waals surface area contributed by atoms with Crippen molar-refractivity contribution in [3.63, 3.8) is 0 Å². The largest absolute Gasteiger partial charge is 0.480 e. The molecule has 1 N–H and O–H groups in total. The van der Waals surface area contributed by atoms with Crippen molar-refractivity contribution >= 4 is 15.8 Å². The van der Waals surface area contributed by atoms with E-state index in [2.05, 4.69) is 4.90 Å². The highest BCUT2D eigenvalue weighted by molar-refractivity contribution is 7.92. The van der Waals surface area contributed by atoms with E-state index in [4.69, 9.17) is 5.11 Å². The fraction of sp³-hybridized carbons (Fsp3) is 0.917. The Morgan fingerprint density at radius 2 is 1.58 bits per heavy atom. The molecule has 0 spiro atoms. The third kappa shape index (κ3) is 5.08. The third-order valence-corrected chi connectivity index (χ3v) is 6.02. The van der Waals surface area contributed by atoms with Gasteiger partial charge in [-0.2, -0.15) is 0 Å². The van der Waals surface area contributed by atoms with Crippen LogP contribution in [0.1, 0.15) is 20.8 Å². The van der Waals surface area contributed by atoms with Crippen LogP contribution in [0.5, 0.6) is 0 Å². The summed E-state index contributed by atoms with van der Waals surface area (Å²) in [4.78, 5) is 14.5. The van der Waals surface area contributed by atoms with Crippen molar-refractivity contribution in [2.45, 2.75) is 25.5 Å². The number of sulfone groups is 1. The highest BCUT2D eigenvalue weighted by Crippen LogP contribution is 2.16. The highest BCUT2D eigenvalue weighted by atomic mass is 32.2. The lowest BCUT2D eigenvalue weighted by molar-refractivity contribution is -0.138. The zero-order chi connectivity index (χ0) is 14.7. The molecule has 6 nitrogen and oxygen atoms in total. The quantitative estimate of drug-likeness (QED) is 0.762. The van der Waals surface area contributed by atoms with Gasteiger partial charge >= 0.3 is 5.97 Å². The molecule has 0 aromatic heterocycles. The van der Waals surface area contributed by atoms with Crippen LogP contribution in [0.2, 0.25) is 0 Å². The summed E-state index contributed by atoms with van der Waals surface area (Å²) >= 11 is 0. The molecule has 0 aromatic carbocycles. The van der Waals surface area contributed by atoms with Gasteiger partial charge in [0, 0.05) is 32.7 Å². The van der Waals surface area contributed by atoms with Gasteiger partial charge in [0.05, 0.1) is 17.0 Å². The molecule has 1 heterocycles. The molecule has 0 bridgehead atoms. The van der Waals surface area contributed by atoms with Gasteiger partial charge in [-0.1, -0.05) is 0 Å². The van der Waals surface area contributed by atoms with Gasteiger partial charge in [-0.05, 0) is 20.8 Å². The van der Waals surface area contributed by atoms with E-state index in [1.165, 1.54) is 0 Å². The van der Waals surface area contributed by atoms with Crippen LogP contribution < -0.4 is 0 Å². The molecule has 0 aromatic rings. The molecule has 7 heteroatoms. The minimum Gasteiger partial charge on any atom is -0.480 e. The molecular weight excluding hydrogens is 268 g/mol. The Labute approximate surface area is 115 Å². The Hall–Kier alpha value is -0.660. The van der Waals surface area contributed by atoms with E-state index < -0.39 is 20.6 Å². The first-order valence-electron chi connectivity index (χ1n) is 6.50. The summed E-state index contributed by atoms with van der Waals surface area (Å²) in [6.45, 7) is 8.56. The van der Waals surface area contributed by atoms with Crippen LogP contribution in [-0.2, 0) is 14.6 Å². The maximum absolute atomic E-state index is 12.0. The molecule has 112 valence electrons. The van der Waals surface area contributed by atoms with Gasteiger partial charge < -0.3 is 5.11 Å². The first kappa shape index (κ1) is 16.4. The maximum atomic E-state index is 12.0. The average Bonchev–Trinajstić information content (AvgIpc) is 2.26. The minimum atomic E-state index is -3.08. The molecule has 0 radical (unpaired) electrons. The summed E-state index contributed by atoms with van der Waals surface area (Å²) in [7, 11) is -3.08. The van der Waals surface area contributed by atoms with Gasteiger partial charge in [0.2, 0.25) is 0 Å². The van der Waals surface area contributed by atoms with Gasteiger partial charge in [0.15, 0.2) is 9.84 Å². The third-order valence-electron chi connectivity index (χ3n) is 3.43. The van der Waals surface area contributed by atoms with Gasteiger partial charge in [0.25, 0.3) is 0 Å². The number of aliphatic carboxylic acids is 1. The molecule has 1 fully saturated rings. The first-order chi connectivity index (χ1) is 8.62. The van der Waals surface area contributed by atoms with Crippen LogP contribution in [0, 0.1) is 0 Å². The number of carbonyl (C=O) groups is 1. The summed E-state index contributed by atoms with van der Waals surface area (Å²) < 4.78 is 23.3. The van der Waals surface area contributed by atoms with Crippen molar-refractivity contribution in [2.24, 2.45) is 0 Å². The normalized spacial score (nSPS) is 19.5. The lowest BCUT2D eigenvalue weighted by Gasteiger charge is -2.34. The van der Waals surface area contributed by atoms with E-state index >= 15 is 0 Å². The van der Waals surface area contributed by atoms with E-state index in [1.54, 1.807) is 20.8 Å². The Morgan fingerprint density at radius 3 is 2.00 bits per heavy atom. The smallest absolute Gasteiger partial charge is 0.317 e. The molecule has 0 unspecified atom stereocenters. The predicted molar refractivity (Wildman–Crippen MR) is 74.1 cm³/mol. The average molecular weight is 292 g/mol. The van der Waals surface area contributed by atoms with Crippen molar-refractivity contribution < 1.29 is 18.3 Å². The predicted octanol–water partition coefficient (Wildman–Crippen LogP) is -0.0981. The van der Waals surface area contributed by atoms with E-state index in [-0.39, 0.29) is 12.3 Å². The summed E-state index contributed by atoms with van der Waals surface area (Å²) in [5, 5.41) is 8.70. The number of carboxylic acids is 1. The summed E-state index contributed by atoms with van der Waals surface area (Å²) in [5.74, 6) is -0.654. The maximum Gasteiger partial charge on any atom is 0.317 e. The SMILES string of the molecule is CC(C)(C)S(=O)(=O)CCN1CCN(CC(=O)O)CC1. The van der Waals surface area contributed by atoms with E-state index in [9.17, 15) is 13.2 Å². The molecule has 0 atom stereocenters. The van der Waals surface area contributed by atoms with Crippen molar-refractivity contribution in [1.29, 1.82) is 0 Å². The first-order valence-corrected chi connectivity index (χ1v) is 8.16. The van der Waals surface area contributed by atoms with Crippen molar-refractivity contribution in [1.82, 2.24) is 9.80 Å². The van der Waals surface area contributed by atoms with Crippen molar-refractivity contribution in [3.05, 3.63) is 0 Å². The van der Waals surface area contributed by atoms with Crippen LogP contribution in [-0.4, -0.2) is 79.1 Å². The van der Waals surface area contributed by atoms with Gasteiger partial charge in [-0.25, -0.2) is 8.42 Å². The monoisotopic (exact) mass is 292 g/mol. The zero-order valence-electron chi connectivity index (χ0n) is 11.9. The second-order valence-electron chi connectivity index (χ2n) is 5.94. The molecule has 0 aliphatic carbocycles. The number of rotatable bonds is 5. The summed E-state index contributed by atoms with van der Waals surface area (Å²) in [6.07, 6.45) is 0. The van der Waals surface area contributed by atoms with E-state index in [0.29, 0.717) is 19.6 Å². The van der Waals surface area contributed by atoms with Gasteiger partial charge in [0.1, 0.15) is 0 Å². The Kier molecular flexibility index (Phi) is 5.34. The lowest BCUT2D eigenvalue weighted by Crippen LogP contribution is -2.49. The number of hydrogen-bond acceptors (Lipinski definition) is 5. The highest BCUT2D eigenvalue weighted by Gasteiger charge is 2.29. The Morgan fingerprint density at radius 1 is 1.11 bits per heavy atom. The van der Waals surface area contributed by atoms with E-state index in [1.807, 2.05) is 4.90 Å². The van der Waals surface area contributed by atoms with Gasteiger partial charge in [-0.3, -0.25) is 14.6 Å². The Balaban J connectivity index is 2.36. The Bertz CT molecular complexity index is 406. The second kappa shape index (κ2) is 6.19. The molecule has 19 heavy (non-hydrogen) atoms. The molecule has 0 saturated carbocycles. The molecule has 0 amide bonds. The molecule has 1 aliphatic heterocycles. The summed E-state index contributed by atoms with van der Waals surface area (Å²) in [6, 6.07) is 0. The van der Waals surface area contributed by atoms with Crippen LogP contribution in [0.15, 0.2) is 0 Å². The molecule has 1 saturated heterocycles. The molecule has 1 aliphatic rings. The van der Waals surface area contributed by atoms with Crippen molar-refractivity contribution in [3.8, 4) is 0 Å². The topological polar surface area (TPSA) is 77.9 Å². The van der Waals surface area contributed by atoms with Crippen LogP contribution in [0.4, 0.5) is 0 Å². The number of carboxylic acid groups (broad SMARTS) is 1. The molecular formula is C12H24N2O4S. The van der Waals surface area contributed by atoms with Crippen LogP contribution >= 0.6 is 0 Å². The summed E-state index contributed by atoms with van der Waals surface area (Å²) in [5.41, 5.74) is 0. The second-order valence-corrected chi connectivity index (χ2v) is 8.81. The van der Waals surface area contributed by atoms with Crippen LogP contribution in [0.3, 0.4) is 0 Å². The number of nitrogens with zero attached hydrogens (tertiary/aromatic N) is 2. The fourth-order valence-corrected chi connectivity index (χ4v) is 3.03. The zero-order valence-corrected chi connectivity index (χ0v) is 12.7. The number of hydrogen-bond donors (Lipinski definition) is 1. The standard InChI is InChI=1S/C12H24N2O4S/c1-12(2,3)19(17,18)9-8-13-4-6-14(7-5-13)10-11(15)16/h4-10H2,1-3H3,(H,15,16). The van der Waals surface area contributed by atoms with Crippen LogP contribution in [0.25, 0.3) is 0 Å².